The molecule has 1 aliphatic heterocycles. The lowest BCUT2D eigenvalue weighted by Gasteiger charge is -2.30. The second-order valence-corrected chi connectivity index (χ2v) is 7.45. The van der Waals surface area contributed by atoms with Crippen molar-refractivity contribution in [3.8, 4) is 0 Å². The first kappa shape index (κ1) is 18.1. The maximum absolute atomic E-state index is 12.7. The fourth-order valence-corrected chi connectivity index (χ4v) is 4.38. The second-order valence-electron chi connectivity index (χ2n) is 5.57. The molecule has 132 valence electrons. The van der Waals surface area contributed by atoms with Crippen LogP contribution in [0.2, 0.25) is 0 Å². The summed E-state index contributed by atoms with van der Waals surface area (Å²) in [5, 5.41) is 2.69. The van der Waals surface area contributed by atoms with Gasteiger partial charge in [0.15, 0.2) is 4.90 Å². The third-order valence-corrected chi connectivity index (χ3v) is 5.97. The van der Waals surface area contributed by atoms with Crippen LogP contribution in [0.4, 0.5) is 0 Å². The van der Waals surface area contributed by atoms with Gasteiger partial charge in [0.1, 0.15) is 0 Å². The Morgan fingerprint density at radius 1 is 1.33 bits per heavy atom. The fraction of sp³-hybridized carbons (Fsp3) is 0.500. The number of piperidine rings is 1. The van der Waals surface area contributed by atoms with Gasteiger partial charge in [-0.3, -0.25) is 14.6 Å². The van der Waals surface area contributed by atoms with Gasteiger partial charge in [0.2, 0.25) is 15.9 Å². The molecular weight excluding hydrogens is 336 g/mol. The number of rotatable bonds is 5. The van der Waals surface area contributed by atoms with E-state index in [4.69, 9.17) is 0 Å². The molecule has 1 aliphatic rings. The van der Waals surface area contributed by atoms with Crippen LogP contribution in [0.3, 0.4) is 0 Å². The minimum atomic E-state index is -4.03. The molecule has 2 heterocycles. The summed E-state index contributed by atoms with van der Waals surface area (Å²) < 4.78 is 26.5. The van der Waals surface area contributed by atoms with E-state index in [9.17, 15) is 22.8 Å². The van der Waals surface area contributed by atoms with Crippen LogP contribution < -0.4 is 16.6 Å². The molecule has 1 fully saturated rings. The van der Waals surface area contributed by atoms with E-state index in [1.165, 1.54) is 11.2 Å². The Morgan fingerprint density at radius 2 is 1.96 bits per heavy atom. The largest absolute Gasteiger partial charge is 0.352 e. The minimum absolute atomic E-state index is 0.00500. The van der Waals surface area contributed by atoms with Gasteiger partial charge >= 0.3 is 5.69 Å². The van der Waals surface area contributed by atoms with E-state index in [1.54, 1.807) is 6.08 Å². The molecule has 0 unspecified atom stereocenters. The highest BCUT2D eigenvalue weighted by molar-refractivity contribution is 7.89. The number of hydrogen-bond acceptors (Lipinski definition) is 5. The quantitative estimate of drug-likeness (QED) is 0.587. The number of aryl methyl sites for hydroxylation is 1. The Kier molecular flexibility index (Phi) is 5.40. The average Bonchev–Trinajstić information content (AvgIpc) is 2.51. The zero-order chi connectivity index (χ0) is 17.9. The number of aromatic nitrogens is 2. The van der Waals surface area contributed by atoms with Crippen LogP contribution >= 0.6 is 0 Å². The lowest BCUT2D eigenvalue weighted by molar-refractivity contribution is -0.125. The van der Waals surface area contributed by atoms with Crippen LogP contribution in [0.1, 0.15) is 18.5 Å². The SMILES string of the molecule is C=CCNC(=O)C1CCN(S(=O)(=O)c2c(C)[nH]c(=O)[nH]c2=O)CC1. The van der Waals surface area contributed by atoms with E-state index in [1.807, 2.05) is 4.98 Å². The Morgan fingerprint density at radius 3 is 2.50 bits per heavy atom. The second kappa shape index (κ2) is 7.14. The van der Waals surface area contributed by atoms with Gasteiger partial charge in [-0.1, -0.05) is 6.08 Å². The summed E-state index contributed by atoms with van der Waals surface area (Å²) >= 11 is 0. The molecule has 1 saturated heterocycles. The number of carbonyl (C=O) groups excluding carboxylic acids is 1. The average molecular weight is 356 g/mol. The van der Waals surface area contributed by atoms with E-state index in [2.05, 4.69) is 16.9 Å². The molecular formula is C14H20N4O5S. The molecule has 0 aliphatic carbocycles. The molecule has 2 rings (SSSR count). The summed E-state index contributed by atoms with van der Waals surface area (Å²) in [6.07, 6.45) is 2.30. The van der Waals surface area contributed by atoms with Crippen molar-refractivity contribution in [1.29, 1.82) is 0 Å². The standard InChI is InChI=1S/C14H20N4O5S/c1-3-6-15-12(19)10-4-7-18(8-5-10)24(22,23)11-9(2)16-14(21)17-13(11)20/h3,10H,1,4-8H2,2H3,(H,15,19)(H2,16,17,20,21). The molecule has 3 N–H and O–H groups in total. The Hall–Kier alpha value is -2.20. The van der Waals surface area contributed by atoms with Crippen molar-refractivity contribution in [2.24, 2.45) is 5.92 Å². The molecule has 0 bridgehead atoms. The Balaban J connectivity index is 2.17. The normalized spacial score (nSPS) is 16.7. The highest BCUT2D eigenvalue weighted by atomic mass is 32.2. The Labute approximate surface area is 138 Å². The molecule has 0 aromatic carbocycles. The molecule has 24 heavy (non-hydrogen) atoms. The third-order valence-electron chi connectivity index (χ3n) is 3.92. The minimum Gasteiger partial charge on any atom is -0.352 e. The summed E-state index contributed by atoms with van der Waals surface area (Å²) in [6.45, 7) is 5.51. The van der Waals surface area contributed by atoms with Crippen molar-refractivity contribution in [3.05, 3.63) is 39.2 Å². The molecule has 0 radical (unpaired) electrons. The highest BCUT2D eigenvalue weighted by Crippen LogP contribution is 2.23. The number of amides is 1. The molecule has 9 nitrogen and oxygen atoms in total. The first-order valence-corrected chi connectivity index (χ1v) is 8.93. The van der Waals surface area contributed by atoms with E-state index in [0.29, 0.717) is 19.4 Å². The van der Waals surface area contributed by atoms with Gasteiger partial charge in [-0.2, -0.15) is 4.31 Å². The predicted octanol–water partition coefficient (Wildman–Crippen LogP) is -0.925. The molecule has 0 atom stereocenters. The van der Waals surface area contributed by atoms with Crippen LogP contribution in [0, 0.1) is 12.8 Å². The molecule has 1 aromatic heterocycles. The summed E-state index contributed by atoms with van der Waals surface area (Å²) in [5.74, 6) is -0.406. The Bertz CT molecular complexity index is 847. The van der Waals surface area contributed by atoms with Crippen LogP contribution in [0.15, 0.2) is 27.1 Å². The fourth-order valence-electron chi connectivity index (χ4n) is 2.70. The molecule has 1 amide bonds. The maximum Gasteiger partial charge on any atom is 0.325 e. The number of hydrogen-bond donors (Lipinski definition) is 3. The predicted molar refractivity (Wildman–Crippen MR) is 87.1 cm³/mol. The van der Waals surface area contributed by atoms with Crippen molar-refractivity contribution in [2.45, 2.75) is 24.7 Å². The van der Waals surface area contributed by atoms with Crippen molar-refractivity contribution >= 4 is 15.9 Å². The van der Waals surface area contributed by atoms with Crippen molar-refractivity contribution in [1.82, 2.24) is 19.6 Å². The van der Waals surface area contributed by atoms with Gasteiger partial charge in [-0.05, 0) is 19.8 Å². The smallest absolute Gasteiger partial charge is 0.325 e. The summed E-state index contributed by atoms with van der Waals surface area (Å²) in [4.78, 5) is 38.7. The van der Waals surface area contributed by atoms with Gasteiger partial charge in [0.05, 0.1) is 0 Å². The zero-order valence-electron chi connectivity index (χ0n) is 13.3. The molecule has 10 heteroatoms. The zero-order valence-corrected chi connectivity index (χ0v) is 14.1. The third kappa shape index (κ3) is 3.65. The number of carbonyl (C=O) groups is 1. The van der Waals surface area contributed by atoms with Crippen molar-refractivity contribution in [3.63, 3.8) is 0 Å². The van der Waals surface area contributed by atoms with E-state index in [0.717, 1.165) is 0 Å². The number of aromatic amines is 2. The topological polar surface area (TPSA) is 132 Å². The molecule has 0 saturated carbocycles. The van der Waals surface area contributed by atoms with Gasteiger partial charge in [-0.15, -0.1) is 6.58 Å². The number of nitrogens with zero attached hydrogens (tertiary/aromatic N) is 1. The monoisotopic (exact) mass is 356 g/mol. The van der Waals surface area contributed by atoms with Gasteiger partial charge in [0.25, 0.3) is 5.56 Å². The summed E-state index contributed by atoms with van der Waals surface area (Å²) in [5.41, 5.74) is -1.70. The van der Waals surface area contributed by atoms with Crippen molar-refractivity contribution in [2.75, 3.05) is 19.6 Å². The first-order chi connectivity index (χ1) is 11.3. The summed E-state index contributed by atoms with van der Waals surface area (Å²) in [6, 6.07) is 0. The van der Waals surface area contributed by atoms with Crippen LogP contribution in [-0.2, 0) is 14.8 Å². The van der Waals surface area contributed by atoms with E-state index in [-0.39, 0.29) is 30.6 Å². The van der Waals surface area contributed by atoms with Crippen LogP contribution in [0.25, 0.3) is 0 Å². The van der Waals surface area contributed by atoms with Crippen LogP contribution in [-0.4, -0.2) is 48.2 Å². The van der Waals surface area contributed by atoms with E-state index < -0.39 is 26.2 Å². The summed E-state index contributed by atoms with van der Waals surface area (Å²) in [7, 11) is -4.03. The van der Waals surface area contributed by atoms with E-state index >= 15 is 0 Å². The highest BCUT2D eigenvalue weighted by Gasteiger charge is 2.34. The van der Waals surface area contributed by atoms with Crippen molar-refractivity contribution < 1.29 is 13.2 Å². The lowest BCUT2D eigenvalue weighted by atomic mass is 9.97. The number of nitrogens with one attached hydrogen (secondary N) is 3. The molecule has 1 aromatic rings. The van der Waals surface area contributed by atoms with Gasteiger partial charge in [0, 0.05) is 31.2 Å². The number of H-pyrrole nitrogens is 2. The first-order valence-electron chi connectivity index (χ1n) is 7.49. The van der Waals surface area contributed by atoms with Gasteiger partial charge < -0.3 is 10.3 Å². The molecule has 0 spiro atoms. The maximum atomic E-state index is 12.7. The lowest BCUT2D eigenvalue weighted by Crippen LogP contribution is -2.45. The van der Waals surface area contributed by atoms with Gasteiger partial charge in [-0.25, -0.2) is 13.2 Å². The number of sulfonamides is 1. The van der Waals surface area contributed by atoms with Crippen LogP contribution in [0.5, 0.6) is 0 Å².